The minimum atomic E-state index is -1.19. The number of aliphatic hydroxyl groups is 1. The van der Waals surface area contributed by atoms with Crippen LogP contribution in [-0.2, 0) is 12.2 Å². The summed E-state index contributed by atoms with van der Waals surface area (Å²) < 4.78 is 11.6. The third-order valence-corrected chi connectivity index (χ3v) is 5.52. The van der Waals surface area contributed by atoms with Crippen molar-refractivity contribution in [1.29, 1.82) is 0 Å². The van der Waals surface area contributed by atoms with Crippen LogP contribution in [0.25, 0.3) is 10.8 Å². The Hall–Kier alpha value is -3.31. The van der Waals surface area contributed by atoms with Gasteiger partial charge in [-0.05, 0) is 46.0 Å². The Morgan fingerprint density at radius 3 is 2.43 bits per heavy atom. The van der Waals surface area contributed by atoms with E-state index in [4.69, 9.17) is 9.47 Å². The molecule has 0 radical (unpaired) electrons. The Kier molecular flexibility index (Phi) is 5.46. The molecule has 0 aliphatic rings. The molecule has 0 fully saturated rings. The molecule has 154 valence electrons. The zero-order valence-electron chi connectivity index (χ0n) is 17.4. The number of H-pyrrole nitrogens is 1. The molecular formula is C25H26N2O3. The molecule has 0 aliphatic carbocycles. The minimum Gasteiger partial charge on any atom is -0.493 e. The maximum absolute atomic E-state index is 11.5. The highest BCUT2D eigenvalue weighted by atomic mass is 16.5. The van der Waals surface area contributed by atoms with Crippen LogP contribution < -0.4 is 9.47 Å². The van der Waals surface area contributed by atoms with Crippen LogP contribution in [0.4, 0.5) is 0 Å². The SMILES string of the molecule is COc1cc2cc(C(O)(c3c[nH]cn3)C(C)C)ccc2cc1OCc1ccccc1. The molecule has 4 aromatic rings. The molecule has 0 amide bonds. The molecule has 0 saturated carbocycles. The first-order chi connectivity index (χ1) is 14.5. The Balaban J connectivity index is 1.71. The van der Waals surface area contributed by atoms with Gasteiger partial charge in [-0.2, -0.15) is 0 Å². The fourth-order valence-corrected chi connectivity index (χ4v) is 3.75. The lowest BCUT2D eigenvalue weighted by molar-refractivity contribution is 0.0281. The number of ether oxygens (including phenoxy) is 2. The van der Waals surface area contributed by atoms with Gasteiger partial charge in [0.2, 0.25) is 0 Å². The Bertz CT molecular complexity index is 1120. The van der Waals surface area contributed by atoms with Crippen LogP contribution in [0, 0.1) is 5.92 Å². The van der Waals surface area contributed by atoms with Gasteiger partial charge in [-0.1, -0.05) is 56.3 Å². The highest BCUT2D eigenvalue weighted by molar-refractivity contribution is 5.87. The number of methoxy groups -OCH3 is 1. The van der Waals surface area contributed by atoms with Gasteiger partial charge < -0.3 is 19.6 Å². The second-order valence-electron chi connectivity index (χ2n) is 7.71. The fourth-order valence-electron chi connectivity index (χ4n) is 3.75. The average molecular weight is 402 g/mol. The van der Waals surface area contributed by atoms with Crippen LogP contribution in [0.5, 0.6) is 11.5 Å². The predicted molar refractivity (Wildman–Crippen MR) is 118 cm³/mol. The van der Waals surface area contributed by atoms with Gasteiger partial charge in [-0.15, -0.1) is 0 Å². The van der Waals surface area contributed by atoms with Gasteiger partial charge in [0.25, 0.3) is 0 Å². The Morgan fingerprint density at radius 1 is 1.00 bits per heavy atom. The predicted octanol–water partition coefficient (Wildman–Crippen LogP) is 5.04. The molecule has 0 saturated heterocycles. The van der Waals surface area contributed by atoms with Crippen molar-refractivity contribution in [3.8, 4) is 11.5 Å². The van der Waals surface area contributed by atoms with Crippen LogP contribution in [0.15, 0.2) is 73.2 Å². The molecular weight excluding hydrogens is 376 g/mol. The second-order valence-corrected chi connectivity index (χ2v) is 7.71. The third kappa shape index (κ3) is 3.64. The topological polar surface area (TPSA) is 67.4 Å². The number of hydrogen-bond acceptors (Lipinski definition) is 4. The van der Waals surface area contributed by atoms with Crippen molar-refractivity contribution in [1.82, 2.24) is 9.97 Å². The lowest BCUT2D eigenvalue weighted by Crippen LogP contribution is -2.33. The van der Waals surface area contributed by atoms with Gasteiger partial charge in [0, 0.05) is 6.20 Å². The summed E-state index contributed by atoms with van der Waals surface area (Å²) in [5.74, 6) is 1.28. The standard InChI is InChI=1S/C25H26N2O3/c1-17(2)25(28,24-14-26-16-27-24)21-10-9-19-12-23(22(29-3)13-20(19)11-21)30-15-18-7-5-4-6-8-18/h4-14,16-17,28H,15H2,1-3H3,(H,26,27). The van der Waals surface area contributed by atoms with Crippen molar-refractivity contribution in [2.45, 2.75) is 26.1 Å². The van der Waals surface area contributed by atoms with E-state index in [-0.39, 0.29) is 5.92 Å². The van der Waals surface area contributed by atoms with Crippen LogP contribution in [0.3, 0.4) is 0 Å². The van der Waals surface area contributed by atoms with Crippen LogP contribution in [0.1, 0.15) is 30.7 Å². The molecule has 0 bridgehead atoms. The maximum Gasteiger partial charge on any atom is 0.162 e. The smallest absolute Gasteiger partial charge is 0.162 e. The van der Waals surface area contributed by atoms with E-state index in [0.717, 1.165) is 21.9 Å². The van der Waals surface area contributed by atoms with E-state index in [9.17, 15) is 5.11 Å². The van der Waals surface area contributed by atoms with E-state index in [1.807, 2.05) is 74.5 Å². The molecule has 5 nitrogen and oxygen atoms in total. The zero-order valence-corrected chi connectivity index (χ0v) is 17.4. The number of aromatic amines is 1. The first kappa shape index (κ1) is 20.0. The molecule has 2 N–H and O–H groups in total. The summed E-state index contributed by atoms with van der Waals surface area (Å²) in [5, 5.41) is 13.5. The van der Waals surface area contributed by atoms with Crippen molar-refractivity contribution in [2.24, 2.45) is 5.92 Å². The summed E-state index contributed by atoms with van der Waals surface area (Å²) in [5.41, 5.74) is 1.30. The number of aromatic nitrogens is 2. The highest BCUT2D eigenvalue weighted by Gasteiger charge is 2.37. The van der Waals surface area contributed by atoms with E-state index < -0.39 is 5.60 Å². The minimum absolute atomic E-state index is 0.0615. The summed E-state index contributed by atoms with van der Waals surface area (Å²) in [7, 11) is 1.63. The van der Waals surface area contributed by atoms with Crippen LogP contribution in [-0.4, -0.2) is 22.2 Å². The first-order valence-corrected chi connectivity index (χ1v) is 10.0. The average Bonchev–Trinajstić information content (AvgIpc) is 3.32. The highest BCUT2D eigenvalue weighted by Crippen LogP contribution is 2.39. The van der Waals surface area contributed by atoms with E-state index in [1.54, 1.807) is 19.6 Å². The molecule has 1 heterocycles. The number of benzene rings is 3. The van der Waals surface area contributed by atoms with E-state index in [2.05, 4.69) is 9.97 Å². The number of rotatable bonds is 7. The zero-order chi connectivity index (χ0) is 21.1. The van der Waals surface area contributed by atoms with Gasteiger partial charge in [0.1, 0.15) is 12.2 Å². The summed E-state index contributed by atoms with van der Waals surface area (Å²) in [6, 6.07) is 19.9. The van der Waals surface area contributed by atoms with Crippen LogP contribution >= 0.6 is 0 Å². The molecule has 1 unspecified atom stereocenters. The fraction of sp³-hybridized carbons (Fsp3) is 0.240. The van der Waals surface area contributed by atoms with Crippen molar-refractivity contribution >= 4 is 10.8 Å². The lowest BCUT2D eigenvalue weighted by atomic mass is 9.80. The molecule has 30 heavy (non-hydrogen) atoms. The quantitative estimate of drug-likeness (QED) is 0.454. The van der Waals surface area contributed by atoms with Gasteiger partial charge >= 0.3 is 0 Å². The van der Waals surface area contributed by atoms with Crippen molar-refractivity contribution in [2.75, 3.05) is 7.11 Å². The summed E-state index contributed by atoms with van der Waals surface area (Å²) in [4.78, 5) is 7.26. The van der Waals surface area contributed by atoms with Gasteiger partial charge in [0.15, 0.2) is 11.5 Å². The van der Waals surface area contributed by atoms with E-state index >= 15 is 0 Å². The molecule has 0 aliphatic heterocycles. The Labute approximate surface area is 176 Å². The van der Waals surface area contributed by atoms with Gasteiger partial charge in [-0.3, -0.25) is 0 Å². The van der Waals surface area contributed by atoms with Crippen LogP contribution in [0.2, 0.25) is 0 Å². The normalized spacial score (nSPS) is 13.4. The lowest BCUT2D eigenvalue weighted by Gasteiger charge is -2.31. The summed E-state index contributed by atoms with van der Waals surface area (Å²) in [6.07, 6.45) is 3.33. The van der Waals surface area contributed by atoms with Crippen molar-refractivity contribution in [3.05, 3.63) is 90.0 Å². The van der Waals surface area contributed by atoms with Gasteiger partial charge in [0.05, 0.1) is 19.1 Å². The summed E-state index contributed by atoms with van der Waals surface area (Å²) >= 11 is 0. The Morgan fingerprint density at radius 2 is 1.77 bits per heavy atom. The number of hydrogen-bond donors (Lipinski definition) is 2. The monoisotopic (exact) mass is 402 g/mol. The molecule has 1 atom stereocenters. The largest absolute Gasteiger partial charge is 0.493 e. The molecule has 1 aromatic heterocycles. The maximum atomic E-state index is 11.5. The summed E-state index contributed by atoms with van der Waals surface area (Å²) in [6.45, 7) is 4.44. The number of nitrogens with zero attached hydrogens (tertiary/aromatic N) is 1. The number of fused-ring (bicyclic) bond motifs is 1. The van der Waals surface area contributed by atoms with Gasteiger partial charge in [-0.25, -0.2) is 4.98 Å². The molecule has 0 spiro atoms. The van der Waals surface area contributed by atoms with E-state index in [1.165, 1.54) is 0 Å². The molecule has 4 rings (SSSR count). The van der Waals surface area contributed by atoms with Crippen molar-refractivity contribution < 1.29 is 14.6 Å². The molecule has 5 heteroatoms. The number of imidazole rings is 1. The second kappa shape index (κ2) is 8.20. The van der Waals surface area contributed by atoms with Crippen molar-refractivity contribution in [3.63, 3.8) is 0 Å². The molecule has 3 aromatic carbocycles. The number of nitrogens with one attached hydrogen (secondary N) is 1. The first-order valence-electron chi connectivity index (χ1n) is 10.0. The third-order valence-electron chi connectivity index (χ3n) is 5.52. The van der Waals surface area contributed by atoms with E-state index in [0.29, 0.717) is 23.8 Å².